The van der Waals surface area contributed by atoms with E-state index in [2.05, 4.69) is 46.9 Å². The zero-order valence-corrected chi connectivity index (χ0v) is 33.6. The molecule has 3 heterocycles. The minimum atomic E-state index is -0.983. The van der Waals surface area contributed by atoms with E-state index in [9.17, 15) is 33.6 Å². The summed E-state index contributed by atoms with van der Waals surface area (Å²) in [5.41, 5.74) is -1.42. The average molecular weight is 799 g/mol. The minimum Gasteiger partial charge on any atom is -0.460 e. The molecule has 6 N–H and O–H groups in total. The molecule has 22 heteroatoms. The van der Waals surface area contributed by atoms with Gasteiger partial charge in [0.05, 0.1) is 12.3 Å². The Morgan fingerprint density at radius 3 is 1.82 bits per heavy atom. The number of guanidine groups is 1. The normalized spacial score (nSPS) is 11.6. The molecule has 0 saturated heterocycles. The quantitative estimate of drug-likeness (QED) is 0.0628. The van der Waals surface area contributed by atoms with E-state index in [0.717, 1.165) is 0 Å². The number of carbonyl (C=O) groups is 7. The van der Waals surface area contributed by atoms with Crippen molar-refractivity contribution in [1.82, 2.24) is 39.6 Å². The SMILES string of the molecule is CCOC(=O)c1nc(NC(=O)CCNC(=O)c2c(NC(=O)c3nc(NC(=O)CCN/C(=N\C(=O)OC(C)(C)C)NC(=O)OC(C)(C)C)cn3C)ccn2C)cn1C. The summed E-state index contributed by atoms with van der Waals surface area (Å²) in [6, 6.07) is 1.51. The van der Waals surface area contributed by atoms with E-state index in [4.69, 9.17) is 14.2 Å². The molecule has 3 aromatic heterocycles. The highest BCUT2D eigenvalue weighted by Crippen LogP contribution is 2.18. The number of amides is 6. The Bertz CT molecular complexity index is 2010. The summed E-state index contributed by atoms with van der Waals surface area (Å²) in [5.74, 6) is -3.07. The van der Waals surface area contributed by atoms with Crippen LogP contribution in [0, 0.1) is 0 Å². The standard InChI is InChI=1S/C35H50N12O10/c1-11-55-30(52)27-42-22(19-47(27)10)40-23(48)12-15-36-28(50)25-20(14-17-45(25)8)38-29(51)26-41-21(18-46(26)9)39-24(49)13-16-37-31(43-32(53)56-34(2,3)4)44-33(54)57-35(5,6)7/h14,17-19H,11-13,15-16H2,1-10H3,(H,36,50)(H,38,51)(H,39,49)(H,40,48)(H2,37,43,44,53,54). The molecule has 0 aromatic carbocycles. The maximum atomic E-state index is 13.3. The van der Waals surface area contributed by atoms with Crippen molar-refractivity contribution in [3.05, 3.63) is 42.0 Å². The van der Waals surface area contributed by atoms with Crippen LogP contribution in [-0.4, -0.2) is 102 Å². The van der Waals surface area contributed by atoms with Crippen LogP contribution in [0.1, 0.15) is 93.0 Å². The van der Waals surface area contributed by atoms with Crippen LogP contribution in [-0.2, 0) is 44.9 Å². The zero-order valence-electron chi connectivity index (χ0n) is 33.6. The van der Waals surface area contributed by atoms with E-state index in [-0.39, 0.29) is 73.2 Å². The lowest BCUT2D eigenvalue weighted by Gasteiger charge is -2.21. The zero-order chi connectivity index (χ0) is 42.7. The Labute approximate surface area is 328 Å². The maximum absolute atomic E-state index is 13.3. The van der Waals surface area contributed by atoms with Crippen LogP contribution < -0.4 is 31.9 Å². The predicted octanol–water partition coefficient (Wildman–Crippen LogP) is 2.41. The Kier molecular flexibility index (Phi) is 15.1. The van der Waals surface area contributed by atoms with Gasteiger partial charge >= 0.3 is 18.2 Å². The summed E-state index contributed by atoms with van der Waals surface area (Å²) in [6.07, 6.45) is 2.26. The first-order valence-electron chi connectivity index (χ1n) is 17.7. The molecule has 0 aliphatic rings. The molecule has 0 aliphatic carbocycles. The summed E-state index contributed by atoms with van der Waals surface area (Å²) >= 11 is 0. The van der Waals surface area contributed by atoms with E-state index in [1.54, 1.807) is 68.8 Å². The van der Waals surface area contributed by atoms with Gasteiger partial charge in [0.2, 0.25) is 29.4 Å². The first-order valence-corrected chi connectivity index (χ1v) is 17.7. The van der Waals surface area contributed by atoms with Gasteiger partial charge in [-0.2, -0.15) is 0 Å². The van der Waals surface area contributed by atoms with Gasteiger partial charge < -0.3 is 54.5 Å². The number of rotatable bonds is 13. The first kappa shape index (κ1) is 44.7. The molecule has 0 saturated carbocycles. The smallest absolute Gasteiger partial charge is 0.437 e. The summed E-state index contributed by atoms with van der Waals surface area (Å²) in [7, 11) is 4.72. The van der Waals surface area contributed by atoms with E-state index < -0.39 is 53.0 Å². The summed E-state index contributed by atoms with van der Waals surface area (Å²) < 4.78 is 19.6. The second-order valence-electron chi connectivity index (χ2n) is 14.3. The Hall–Kier alpha value is -6.74. The fourth-order valence-corrected chi connectivity index (χ4v) is 4.71. The first-order chi connectivity index (χ1) is 26.5. The number of hydrogen-bond donors (Lipinski definition) is 6. The van der Waals surface area contributed by atoms with Gasteiger partial charge in [-0.3, -0.25) is 24.5 Å². The van der Waals surface area contributed by atoms with Crippen molar-refractivity contribution >= 4 is 65.1 Å². The number of carbonyl (C=O) groups excluding carboxylic acids is 7. The van der Waals surface area contributed by atoms with Crippen molar-refractivity contribution in [2.45, 2.75) is 72.5 Å². The lowest BCUT2D eigenvalue weighted by molar-refractivity contribution is -0.116. The highest BCUT2D eigenvalue weighted by atomic mass is 16.6. The molecular formula is C35H50N12O10. The van der Waals surface area contributed by atoms with Crippen LogP contribution in [0.4, 0.5) is 26.9 Å². The van der Waals surface area contributed by atoms with Crippen molar-refractivity contribution in [2.24, 2.45) is 26.1 Å². The summed E-state index contributed by atoms with van der Waals surface area (Å²) in [6.45, 7) is 11.6. The predicted molar refractivity (Wildman–Crippen MR) is 206 cm³/mol. The molecule has 57 heavy (non-hydrogen) atoms. The van der Waals surface area contributed by atoms with Gasteiger partial charge in [-0.1, -0.05) is 0 Å². The van der Waals surface area contributed by atoms with Crippen LogP contribution in [0.25, 0.3) is 0 Å². The molecule has 3 aromatic rings. The Morgan fingerprint density at radius 1 is 0.719 bits per heavy atom. The fraction of sp³-hybridized carbons (Fsp3) is 0.486. The van der Waals surface area contributed by atoms with E-state index in [1.165, 1.54) is 39.2 Å². The third-order valence-corrected chi connectivity index (χ3v) is 6.98. The van der Waals surface area contributed by atoms with Crippen molar-refractivity contribution in [2.75, 3.05) is 35.6 Å². The number of ether oxygens (including phenoxy) is 3. The molecule has 0 bridgehead atoms. The lowest BCUT2D eigenvalue weighted by atomic mass is 10.2. The van der Waals surface area contributed by atoms with Crippen molar-refractivity contribution < 1.29 is 47.8 Å². The Morgan fingerprint density at radius 2 is 1.26 bits per heavy atom. The number of nitrogens with zero attached hydrogens (tertiary/aromatic N) is 6. The van der Waals surface area contributed by atoms with Gasteiger partial charge in [0, 0.05) is 65.7 Å². The number of aliphatic imine (C=N–C) groups is 1. The third kappa shape index (κ3) is 14.4. The highest BCUT2D eigenvalue weighted by molar-refractivity contribution is 6.07. The van der Waals surface area contributed by atoms with Crippen molar-refractivity contribution in [3.63, 3.8) is 0 Å². The van der Waals surface area contributed by atoms with Gasteiger partial charge in [0.1, 0.15) is 16.9 Å². The number of imidazole rings is 2. The van der Waals surface area contributed by atoms with Gasteiger partial charge in [-0.25, -0.2) is 24.4 Å². The number of alkyl carbamates (subject to hydrolysis) is 1. The molecule has 3 rings (SSSR count). The Balaban J connectivity index is 1.55. The van der Waals surface area contributed by atoms with E-state index in [1.807, 2.05) is 0 Å². The van der Waals surface area contributed by atoms with Crippen LogP contribution in [0.15, 0.2) is 29.6 Å². The molecule has 0 spiro atoms. The van der Waals surface area contributed by atoms with E-state index >= 15 is 0 Å². The lowest BCUT2D eigenvalue weighted by Crippen LogP contribution is -2.45. The average Bonchev–Trinajstić information content (AvgIpc) is 3.74. The number of esters is 1. The minimum absolute atomic E-state index is 0.0182. The topological polar surface area (TPSA) is 272 Å². The van der Waals surface area contributed by atoms with Gasteiger partial charge in [0.25, 0.3) is 11.8 Å². The van der Waals surface area contributed by atoms with Crippen LogP contribution in [0.2, 0.25) is 0 Å². The summed E-state index contributed by atoms with van der Waals surface area (Å²) in [5, 5.41) is 15.5. The highest BCUT2D eigenvalue weighted by Gasteiger charge is 2.23. The van der Waals surface area contributed by atoms with Crippen molar-refractivity contribution in [3.8, 4) is 0 Å². The second-order valence-corrected chi connectivity index (χ2v) is 14.3. The number of hydrogen-bond acceptors (Lipinski definition) is 12. The van der Waals surface area contributed by atoms with Gasteiger partial charge in [0.15, 0.2) is 11.6 Å². The largest absolute Gasteiger partial charge is 0.460 e. The molecule has 6 amide bonds. The number of aromatic nitrogens is 5. The van der Waals surface area contributed by atoms with Crippen LogP contribution in [0.5, 0.6) is 0 Å². The molecule has 0 atom stereocenters. The number of anilines is 3. The number of nitrogens with one attached hydrogen (secondary N) is 6. The van der Waals surface area contributed by atoms with Crippen LogP contribution in [0.3, 0.4) is 0 Å². The van der Waals surface area contributed by atoms with Crippen molar-refractivity contribution in [1.29, 1.82) is 0 Å². The molecule has 0 fully saturated rings. The fourth-order valence-electron chi connectivity index (χ4n) is 4.71. The maximum Gasteiger partial charge on any atom is 0.437 e. The molecule has 0 unspecified atom stereocenters. The summed E-state index contributed by atoms with van der Waals surface area (Å²) in [4.78, 5) is 100. The molecular weight excluding hydrogens is 748 g/mol. The molecule has 0 radical (unpaired) electrons. The van der Waals surface area contributed by atoms with Gasteiger partial charge in [-0.15, -0.1) is 4.99 Å². The molecule has 310 valence electrons. The third-order valence-electron chi connectivity index (χ3n) is 6.98. The van der Waals surface area contributed by atoms with E-state index in [0.29, 0.717) is 0 Å². The monoisotopic (exact) mass is 798 g/mol. The molecule has 0 aliphatic heterocycles. The van der Waals surface area contributed by atoms with Crippen LogP contribution >= 0.6 is 0 Å². The number of aryl methyl sites for hydroxylation is 3. The second kappa shape index (κ2) is 19.2. The van der Waals surface area contributed by atoms with Gasteiger partial charge in [-0.05, 0) is 54.5 Å². The molecule has 22 nitrogen and oxygen atoms in total.